The topological polar surface area (TPSA) is 95.1 Å². The molecular formula is C23H15F4N3O3S. The molecule has 1 aromatic heterocycles. The van der Waals surface area contributed by atoms with Crippen molar-refractivity contribution >= 4 is 10.0 Å². The maximum Gasteiger partial charge on any atom is 0.275 e. The molecule has 0 spiro atoms. The summed E-state index contributed by atoms with van der Waals surface area (Å²) >= 11 is 0. The van der Waals surface area contributed by atoms with Crippen LogP contribution in [0.2, 0.25) is 0 Å². The van der Waals surface area contributed by atoms with Crippen molar-refractivity contribution in [1.82, 2.24) is 9.78 Å². The van der Waals surface area contributed by atoms with E-state index in [4.69, 9.17) is 5.14 Å². The normalized spacial score (nSPS) is 11.6. The molecule has 34 heavy (non-hydrogen) atoms. The van der Waals surface area contributed by atoms with Crippen LogP contribution in [0.1, 0.15) is 5.56 Å². The number of hydrogen-bond acceptors (Lipinski definition) is 4. The first kappa shape index (κ1) is 23.3. The van der Waals surface area contributed by atoms with Crippen LogP contribution in [0.4, 0.5) is 17.6 Å². The molecule has 4 rings (SSSR count). The van der Waals surface area contributed by atoms with Gasteiger partial charge in [0.05, 0.1) is 18.3 Å². The zero-order valence-electron chi connectivity index (χ0n) is 17.2. The molecule has 2 N–H and O–H groups in total. The zero-order valence-corrected chi connectivity index (χ0v) is 18.0. The molecule has 4 aromatic rings. The second kappa shape index (κ2) is 8.84. The Hall–Kier alpha value is -3.83. The van der Waals surface area contributed by atoms with Crippen molar-refractivity contribution in [3.63, 3.8) is 0 Å². The number of nitrogens with two attached hydrogens (primary N) is 1. The van der Waals surface area contributed by atoms with Crippen LogP contribution in [0.3, 0.4) is 0 Å². The van der Waals surface area contributed by atoms with Crippen LogP contribution in [0.15, 0.2) is 76.6 Å². The van der Waals surface area contributed by atoms with Gasteiger partial charge in [-0.1, -0.05) is 24.3 Å². The Morgan fingerprint density at radius 1 is 0.824 bits per heavy atom. The molecule has 0 radical (unpaired) electrons. The van der Waals surface area contributed by atoms with Gasteiger partial charge in [0.2, 0.25) is 10.0 Å². The quantitative estimate of drug-likeness (QED) is 0.431. The Labute approximate surface area is 191 Å². The Morgan fingerprint density at radius 2 is 1.47 bits per heavy atom. The predicted octanol–water partition coefficient (Wildman–Crippen LogP) is 3.83. The molecule has 0 aliphatic carbocycles. The Morgan fingerprint density at radius 3 is 2.09 bits per heavy atom. The predicted molar refractivity (Wildman–Crippen MR) is 116 cm³/mol. The van der Waals surface area contributed by atoms with Crippen LogP contribution in [-0.2, 0) is 16.6 Å². The third-order valence-electron chi connectivity index (χ3n) is 5.06. The summed E-state index contributed by atoms with van der Waals surface area (Å²) < 4.78 is 79.3. The SMILES string of the molecule is NS(=O)(=O)c1ccc(-c2cnn(Cc3ccc(F)cc3F)c(=O)c2-c2ccc(F)cc2)cc1F. The number of halogens is 4. The Kier molecular flexibility index (Phi) is 6.07. The van der Waals surface area contributed by atoms with Gasteiger partial charge in [-0.2, -0.15) is 5.10 Å². The van der Waals surface area contributed by atoms with E-state index in [1.54, 1.807) is 0 Å². The third-order valence-corrected chi connectivity index (χ3v) is 6.01. The van der Waals surface area contributed by atoms with Crippen molar-refractivity contribution < 1.29 is 26.0 Å². The van der Waals surface area contributed by atoms with Gasteiger partial charge in [-0.3, -0.25) is 4.79 Å². The van der Waals surface area contributed by atoms with E-state index in [0.29, 0.717) is 6.07 Å². The first-order valence-electron chi connectivity index (χ1n) is 9.67. The lowest BCUT2D eigenvalue weighted by atomic mass is 9.97. The molecule has 1 heterocycles. The van der Waals surface area contributed by atoms with Crippen molar-refractivity contribution in [2.24, 2.45) is 5.14 Å². The van der Waals surface area contributed by atoms with Crippen LogP contribution in [0.25, 0.3) is 22.3 Å². The van der Waals surface area contributed by atoms with E-state index >= 15 is 0 Å². The lowest BCUT2D eigenvalue weighted by Crippen LogP contribution is -2.26. The molecular weight excluding hydrogens is 474 g/mol. The van der Waals surface area contributed by atoms with E-state index in [2.05, 4.69) is 5.10 Å². The monoisotopic (exact) mass is 489 g/mol. The van der Waals surface area contributed by atoms with Crippen LogP contribution in [0, 0.1) is 23.3 Å². The average molecular weight is 489 g/mol. The number of hydrogen-bond donors (Lipinski definition) is 1. The largest absolute Gasteiger partial charge is 0.275 e. The van der Waals surface area contributed by atoms with E-state index < -0.39 is 43.7 Å². The number of nitrogens with zero attached hydrogens (tertiary/aromatic N) is 2. The first-order valence-corrected chi connectivity index (χ1v) is 11.2. The second-order valence-corrected chi connectivity index (χ2v) is 8.86. The molecule has 0 bridgehead atoms. The molecule has 0 saturated heterocycles. The zero-order chi connectivity index (χ0) is 24.6. The molecule has 0 saturated carbocycles. The van der Waals surface area contributed by atoms with E-state index in [9.17, 15) is 30.8 Å². The summed E-state index contributed by atoms with van der Waals surface area (Å²) in [7, 11) is -4.32. The van der Waals surface area contributed by atoms with Crippen LogP contribution in [-0.4, -0.2) is 18.2 Å². The third kappa shape index (κ3) is 4.61. The molecule has 6 nitrogen and oxygen atoms in total. The van der Waals surface area contributed by atoms with Gasteiger partial charge in [-0.25, -0.2) is 35.8 Å². The Balaban J connectivity index is 1.90. The standard InChI is InChI=1S/C23H15F4N3O3S/c24-16-5-1-13(2-6-16)22-18(14-4-8-21(20(27)9-14)34(28,32)33)11-29-30(23(22)31)12-15-3-7-17(25)10-19(15)26/h1-11H,12H2,(H2,28,32,33). The lowest BCUT2D eigenvalue weighted by Gasteiger charge is -2.14. The summed E-state index contributed by atoms with van der Waals surface area (Å²) in [6.45, 7) is -0.335. The number of aromatic nitrogens is 2. The van der Waals surface area contributed by atoms with Crippen molar-refractivity contribution in [3.8, 4) is 22.3 Å². The van der Waals surface area contributed by atoms with Crippen LogP contribution in [0.5, 0.6) is 0 Å². The van der Waals surface area contributed by atoms with E-state index in [1.807, 2.05) is 0 Å². The van der Waals surface area contributed by atoms with Crippen LogP contribution < -0.4 is 10.7 Å². The van der Waals surface area contributed by atoms with Gasteiger partial charge in [0, 0.05) is 17.2 Å². The van der Waals surface area contributed by atoms with Gasteiger partial charge in [0.15, 0.2) is 0 Å². The summed E-state index contributed by atoms with van der Waals surface area (Å²) in [5.74, 6) is -3.35. The highest BCUT2D eigenvalue weighted by molar-refractivity contribution is 7.89. The van der Waals surface area contributed by atoms with Gasteiger partial charge in [0.1, 0.15) is 28.2 Å². The van der Waals surface area contributed by atoms with Crippen molar-refractivity contribution in [1.29, 1.82) is 0 Å². The maximum absolute atomic E-state index is 14.5. The van der Waals surface area contributed by atoms with Gasteiger partial charge in [0.25, 0.3) is 5.56 Å². The highest BCUT2D eigenvalue weighted by Gasteiger charge is 2.20. The lowest BCUT2D eigenvalue weighted by molar-refractivity contribution is 0.551. The molecule has 3 aromatic carbocycles. The smallest absolute Gasteiger partial charge is 0.267 e. The summed E-state index contributed by atoms with van der Waals surface area (Å²) in [6.07, 6.45) is 1.22. The van der Waals surface area contributed by atoms with Crippen molar-refractivity contribution in [2.75, 3.05) is 0 Å². The summed E-state index contributed by atoms with van der Waals surface area (Å²) in [5.41, 5.74) is -0.254. The second-order valence-electron chi connectivity index (χ2n) is 7.33. The van der Waals surface area contributed by atoms with Gasteiger partial charge >= 0.3 is 0 Å². The molecule has 174 valence electrons. The average Bonchev–Trinajstić information content (AvgIpc) is 2.76. The summed E-state index contributed by atoms with van der Waals surface area (Å²) in [4.78, 5) is 12.6. The molecule has 0 fully saturated rings. The fourth-order valence-corrected chi connectivity index (χ4v) is 4.01. The number of primary sulfonamides is 1. The molecule has 11 heteroatoms. The first-order chi connectivity index (χ1) is 16.0. The minimum Gasteiger partial charge on any atom is -0.267 e. The van der Waals surface area contributed by atoms with Crippen LogP contribution >= 0.6 is 0 Å². The fraction of sp³-hybridized carbons (Fsp3) is 0.0435. The number of rotatable bonds is 5. The Bertz CT molecular complexity index is 1570. The van der Waals surface area contributed by atoms with Gasteiger partial charge in [-0.05, 0) is 41.5 Å². The maximum atomic E-state index is 14.5. The van der Waals surface area contributed by atoms with E-state index in [0.717, 1.165) is 35.0 Å². The molecule has 0 unspecified atom stereocenters. The van der Waals surface area contributed by atoms with E-state index in [-0.39, 0.29) is 34.4 Å². The fourth-order valence-electron chi connectivity index (χ4n) is 3.43. The summed E-state index contributed by atoms with van der Waals surface area (Å²) in [6, 6.07) is 10.9. The minimum absolute atomic E-state index is 0.00245. The van der Waals surface area contributed by atoms with Gasteiger partial charge in [-0.15, -0.1) is 0 Å². The molecule has 0 aliphatic rings. The molecule has 0 atom stereocenters. The minimum atomic E-state index is -4.32. The number of sulfonamides is 1. The van der Waals surface area contributed by atoms with E-state index in [1.165, 1.54) is 30.5 Å². The molecule has 0 aliphatic heterocycles. The highest BCUT2D eigenvalue weighted by Crippen LogP contribution is 2.31. The van der Waals surface area contributed by atoms with Crippen molar-refractivity contribution in [3.05, 3.63) is 106 Å². The number of benzene rings is 3. The summed E-state index contributed by atoms with van der Waals surface area (Å²) in [5, 5.41) is 9.02. The van der Waals surface area contributed by atoms with Gasteiger partial charge < -0.3 is 0 Å². The van der Waals surface area contributed by atoms with Crippen molar-refractivity contribution in [2.45, 2.75) is 11.4 Å². The highest BCUT2D eigenvalue weighted by atomic mass is 32.2. The molecule has 0 amide bonds.